The minimum atomic E-state index is -0.193. The number of rotatable bonds is 4. The number of benzene rings is 1. The Kier molecular flexibility index (Phi) is 4.13. The number of nitrogen functional groups attached to an aromatic ring is 1. The van der Waals surface area contributed by atoms with Crippen LogP contribution in [-0.2, 0) is 0 Å². The summed E-state index contributed by atoms with van der Waals surface area (Å²) < 4.78 is 0. The van der Waals surface area contributed by atoms with Gasteiger partial charge in [0.05, 0.1) is 11.6 Å². The van der Waals surface area contributed by atoms with Gasteiger partial charge in [0.1, 0.15) is 5.82 Å². The molecule has 4 nitrogen and oxygen atoms in total. The van der Waals surface area contributed by atoms with Gasteiger partial charge in [-0.3, -0.25) is 4.79 Å². The molecule has 1 heterocycles. The van der Waals surface area contributed by atoms with E-state index in [0.717, 1.165) is 12.0 Å². The van der Waals surface area contributed by atoms with Crippen molar-refractivity contribution in [3.63, 3.8) is 0 Å². The molecular weight excluding hydrogens is 238 g/mol. The van der Waals surface area contributed by atoms with E-state index in [1.54, 1.807) is 18.3 Å². The van der Waals surface area contributed by atoms with Crippen molar-refractivity contribution in [2.24, 2.45) is 0 Å². The number of hydrogen-bond acceptors (Lipinski definition) is 3. The van der Waals surface area contributed by atoms with Crippen molar-refractivity contribution in [2.45, 2.75) is 19.4 Å². The number of carbonyl (C=O) groups is 1. The van der Waals surface area contributed by atoms with Crippen LogP contribution in [0.5, 0.6) is 0 Å². The Morgan fingerprint density at radius 2 is 2.00 bits per heavy atom. The lowest BCUT2D eigenvalue weighted by atomic mass is 10.0. The minimum Gasteiger partial charge on any atom is -0.383 e. The predicted molar refractivity (Wildman–Crippen MR) is 75.6 cm³/mol. The van der Waals surface area contributed by atoms with Crippen molar-refractivity contribution in [2.75, 3.05) is 5.73 Å². The van der Waals surface area contributed by atoms with Gasteiger partial charge in [0, 0.05) is 6.20 Å². The molecule has 1 unspecified atom stereocenters. The molecule has 0 aliphatic rings. The van der Waals surface area contributed by atoms with E-state index in [-0.39, 0.29) is 17.8 Å². The summed E-state index contributed by atoms with van der Waals surface area (Å²) in [7, 11) is 0. The van der Waals surface area contributed by atoms with E-state index >= 15 is 0 Å². The molecule has 0 radical (unpaired) electrons. The average molecular weight is 255 g/mol. The van der Waals surface area contributed by atoms with Crippen LogP contribution in [0, 0.1) is 0 Å². The van der Waals surface area contributed by atoms with Gasteiger partial charge in [-0.1, -0.05) is 37.3 Å². The summed E-state index contributed by atoms with van der Waals surface area (Å²) in [6.45, 7) is 2.03. The third kappa shape index (κ3) is 3.10. The summed E-state index contributed by atoms with van der Waals surface area (Å²) in [4.78, 5) is 16.1. The molecule has 0 saturated heterocycles. The van der Waals surface area contributed by atoms with Gasteiger partial charge in [-0.15, -0.1) is 0 Å². The van der Waals surface area contributed by atoms with Crippen LogP contribution >= 0.6 is 0 Å². The van der Waals surface area contributed by atoms with E-state index in [2.05, 4.69) is 10.3 Å². The van der Waals surface area contributed by atoms with Gasteiger partial charge in [0.15, 0.2) is 0 Å². The van der Waals surface area contributed by atoms with Gasteiger partial charge >= 0.3 is 0 Å². The molecular formula is C15H17N3O. The highest BCUT2D eigenvalue weighted by Crippen LogP contribution is 2.17. The van der Waals surface area contributed by atoms with Crippen LogP contribution < -0.4 is 11.1 Å². The first kappa shape index (κ1) is 13.1. The van der Waals surface area contributed by atoms with Crippen molar-refractivity contribution in [3.8, 4) is 0 Å². The second-order valence-corrected chi connectivity index (χ2v) is 4.28. The Morgan fingerprint density at radius 1 is 1.26 bits per heavy atom. The van der Waals surface area contributed by atoms with E-state index in [0.29, 0.717) is 5.56 Å². The number of anilines is 1. The maximum Gasteiger partial charge on any atom is 0.255 e. The molecule has 1 aromatic carbocycles. The molecule has 0 fully saturated rings. The molecule has 0 aliphatic carbocycles. The third-order valence-electron chi connectivity index (χ3n) is 3.00. The normalized spacial score (nSPS) is 11.8. The van der Waals surface area contributed by atoms with Crippen molar-refractivity contribution in [1.29, 1.82) is 0 Å². The van der Waals surface area contributed by atoms with Crippen molar-refractivity contribution in [1.82, 2.24) is 10.3 Å². The van der Waals surface area contributed by atoms with Gasteiger partial charge in [0.25, 0.3) is 5.91 Å². The zero-order valence-electron chi connectivity index (χ0n) is 10.8. The largest absolute Gasteiger partial charge is 0.383 e. The smallest absolute Gasteiger partial charge is 0.255 e. The molecule has 19 heavy (non-hydrogen) atoms. The zero-order chi connectivity index (χ0) is 13.7. The highest BCUT2D eigenvalue weighted by molar-refractivity contribution is 5.98. The average Bonchev–Trinajstić information content (AvgIpc) is 2.46. The second-order valence-electron chi connectivity index (χ2n) is 4.28. The number of nitrogens with zero attached hydrogens (tertiary/aromatic N) is 1. The molecule has 0 saturated carbocycles. The number of hydrogen-bond donors (Lipinski definition) is 2. The van der Waals surface area contributed by atoms with E-state index in [1.165, 1.54) is 0 Å². The summed E-state index contributed by atoms with van der Waals surface area (Å²) in [6.07, 6.45) is 2.39. The fraction of sp³-hybridized carbons (Fsp3) is 0.200. The van der Waals surface area contributed by atoms with Gasteiger partial charge in [-0.2, -0.15) is 0 Å². The van der Waals surface area contributed by atoms with Crippen LogP contribution in [-0.4, -0.2) is 10.9 Å². The standard InChI is InChI=1S/C15H17N3O/c1-2-13(11-7-4-3-5-8-11)18-15(19)12-9-6-10-17-14(12)16/h3-10,13H,2H2,1H3,(H2,16,17)(H,18,19). The number of carbonyl (C=O) groups excluding carboxylic acids is 1. The molecule has 0 bridgehead atoms. The van der Waals surface area contributed by atoms with E-state index in [4.69, 9.17) is 5.73 Å². The Balaban J connectivity index is 2.16. The Bertz CT molecular complexity index is 554. The number of amides is 1. The molecule has 1 amide bonds. The van der Waals surface area contributed by atoms with Crippen LogP contribution in [0.4, 0.5) is 5.82 Å². The predicted octanol–water partition coefficient (Wildman–Crippen LogP) is 2.54. The van der Waals surface area contributed by atoms with Gasteiger partial charge in [0.2, 0.25) is 0 Å². The number of pyridine rings is 1. The van der Waals surface area contributed by atoms with Gasteiger partial charge in [-0.05, 0) is 24.1 Å². The fourth-order valence-corrected chi connectivity index (χ4v) is 1.95. The second kappa shape index (κ2) is 6.00. The molecule has 1 aromatic heterocycles. The van der Waals surface area contributed by atoms with Gasteiger partial charge < -0.3 is 11.1 Å². The summed E-state index contributed by atoms with van der Waals surface area (Å²) in [5, 5.41) is 2.98. The molecule has 98 valence electrons. The first-order chi connectivity index (χ1) is 9.22. The minimum absolute atomic E-state index is 0.0201. The lowest BCUT2D eigenvalue weighted by molar-refractivity contribution is 0.0936. The van der Waals surface area contributed by atoms with E-state index in [9.17, 15) is 4.79 Å². The summed E-state index contributed by atoms with van der Waals surface area (Å²) in [5.41, 5.74) is 7.20. The number of nitrogens with one attached hydrogen (secondary N) is 1. The lowest BCUT2D eigenvalue weighted by Crippen LogP contribution is -2.28. The van der Waals surface area contributed by atoms with Crippen LogP contribution in [0.1, 0.15) is 35.3 Å². The van der Waals surface area contributed by atoms with Crippen LogP contribution in [0.15, 0.2) is 48.7 Å². The molecule has 2 aromatic rings. The molecule has 0 aliphatic heterocycles. The third-order valence-corrected chi connectivity index (χ3v) is 3.00. The van der Waals surface area contributed by atoms with Crippen molar-refractivity contribution >= 4 is 11.7 Å². The summed E-state index contributed by atoms with van der Waals surface area (Å²) in [6, 6.07) is 13.2. The van der Waals surface area contributed by atoms with Crippen molar-refractivity contribution < 1.29 is 4.79 Å². The summed E-state index contributed by atoms with van der Waals surface area (Å²) >= 11 is 0. The van der Waals surface area contributed by atoms with Gasteiger partial charge in [-0.25, -0.2) is 4.98 Å². The van der Waals surface area contributed by atoms with Crippen LogP contribution in [0.25, 0.3) is 0 Å². The first-order valence-electron chi connectivity index (χ1n) is 6.28. The monoisotopic (exact) mass is 255 g/mol. The maximum absolute atomic E-state index is 12.2. The molecule has 4 heteroatoms. The Morgan fingerprint density at radius 3 is 2.63 bits per heavy atom. The Hall–Kier alpha value is -2.36. The highest BCUT2D eigenvalue weighted by Gasteiger charge is 2.15. The molecule has 1 atom stereocenters. The SMILES string of the molecule is CCC(NC(=O)c1cccnc1N)c1ccccc1. The summed E-state index contributed by atoms with van der Waals surface area (Å²) in [5.74, 6) is 0.0595. The first-order valence-corrected chi connectivity index (χ1v) is 6.28. The lowest BCUT2D eigenvalue weighted by Gasteiger charge is -2.17. The number of nitrogens with two attached hydrogens (primary N) is 1. The van der Waals surface area contributed by atoms with E-state index in [1.807, 2.05) is 37.3 Å². The van der Waals surface area contributed by atoms with Crippen LogP contribution in [0.2, 0.25) is 0 Å². The van der Waals surface area contributed by atoms with Crippen molar-refractivity contribution in [3.05, 3.63) is 59.8 Å². The fourth-order valence-electron chi connectivity index (χ4n) is 1.95. The molecule has 0 spiro atoms. The molecule has 3 N–H and O–H groups in total. The topological polar surface area (TPSA) is 68.0 Å². The van der Waals surface area contributed by atoms with E-state index < -0.39 is 0 Å². The Labute approximate surface area is 112 Å². The maximum atomic E-state index is 12.2. The van der Waals surface area contributed by atoms with Crippen LogP contribution in [0.3, 0.4) is 0 Å². The number of aromatic nitrogens is 1. The zero-order valence-corrected chi connectivity index (χ0v) is 10.8. The quantitative estimate of drug-likeness (QED) is 0.882. The highest BCUT2D eigenvalue weighted by atomic mass is 16.1. The molecule has 2 rings (SSSR count).